The first-order chi connectivity index (χ1) is 10.5. The molecule has 114 valence electrons. The molecule has 0 fully saturated rings. The van der Waals surface area contributed by atoms with Crippen LogP contribution >= 0.6 is 0 Å². The fourth-order valence-electron chi connectivity index (χ4n) is 2.02. The zero-order chi connectivity index (χ0) is 16.0. The van der Waals surface area contributed by atoms with Crippen LogP contribution in [-0.4, -0.2) is 14.5 Å². The lowest BCUT2D eigenvalue weighted by molar-refractivity contribution is 0.254. The molecule has 0 saturated carbocycles. The van der Waals surface area contributed by atoms with Gasteiger partial charge in [-0.3, -0.25) is 0 Å². The van der Waals surface area contributed by atoms with Gasteiger partial charge in [-0.1, -0.05) is 53.9 Å². The minimum absolute atomic E-state index is 0.123. The number of aryl methyl sites for hydroxylation is 2. The average molecular weight is 314 g/mol. The van der Waals surface area contributed by atoms with Crippen LogP contribution in [0, 0.1) is 19.3 Å². The molecule has 0 radical (unpaired) electrons. The monoisotopic (exact) mass is 314 g/mol. The van der Waals surface area contributed by atoms with Gasteiger partial charge in [-0.05, 0) is 37.5 Å². The van der Waals surface area contributed by atoms with E-state index in [4.69, 9.17) is 10.6 Å². The highest BCUT2D eigenvalue weighted by molar-refractivity contribution is 7.86. The van der Waals surface area contributed by atoms with Crippen LogP contribution in [0.2, 0.25) is 0 Å². The lowest BCUT2D eigenvalue weighted by atomic mass is 10.1. The molecule has 2 rings (SSSR count). The molecule has 0 aromatic heterocycles. The van der Waals surface area contributed by atoms with E-state index in [0.717, 1.165) is 11.1 Å². The zero-order valence-corrected chi connectivity index (χ0v) is 13.2. The summed E-state index contributed by atoms with van der Waals surface area (Å²) in [6.07, 6.45) is 5.75. The molecule has 2 aromatic rings. The van der Waals surface area contributed by atoms with Gasteiger partial charge in [0.1, 0.15) is 6.10 Å². The molecular formula is C18H18O3S. The van der Waals surface area contributed by atoms with E-state index in [0.29, 0.717) is 12.8 Å². The maximum atomic E-state index is 12.2. The van der Waals surface area contributed by atoms with E-state index < -0.39 is 16.2 Å². The second kappa shape index (κ2) is 7.26. The SMILES string of the molecule is C#CC(CCc1ccccc1)OS(=O)(=O)c1ccc(C)cc1. The van der Waals surface area contributed by atoms with Crippen molar-refractivity contribution < 1.29 is 12.6 Å². The summed E-state index contributed by atoms with van der Waals surface area (Å²) in [5.41, 5.74) is 2.08. The highest BCUT2D eigenvalue weighted by Crippen LogP contribution is 2.17. The van der Waals surface area contributed by atoms with E-state index >= 15 is 0 Å². The van der Waals surface area contributed by atoms with Gasteiger partial charge in [0.2, 0.25) is 0 Å². The van der Waals surface area contributed by atoms with Crippen LogP contribution < -0.4 is 0 Å². The molecule has 1 unspecified atom stereocenters. The van der Waals surface area contributed by atoms with Crippen molar-refractivity contribution in [1.29, 1.82) is 0 Å². The predicted molar refractivity (Wildman–Crippen MR) is 86.8 cm³/mol. The van der Waals surface area contributed by atoms with Crippen LogP contribution in [-0.2, 0) is 20.7 Å². The van der Waals surface area contributed by atoms with E-state index in [1.54, 1.807) is 12.1 Å². The zero-order valence-electron chi connectivity index (χ0n) is 12.4. The van der Waals surface area contributed by atoms with Gasteiger partial charge < -0.3 is 0 Å². The van der Waals surface area contributed by atoms with Crippen molar-refractivity contribution in [2.75, 3.05) is 0 Å². The van der Waals surface area contributed by atoms with Crippen LogP contribution in [0.5, 0.6) is 0 Å². The summed E-state index contributed by atoms with van der Waals surface area (Å²) in [4.78, 5) is 0.123. The quantitative estimate of drug-likeness (QED) is 0.607. The van der Waals surface area contributed by atoms with E-state index in [1.165, 1.54) is 12.1 Å². The number of hydrogen-bond donors (Lipinski definition) is 0. The van der Waals surface area contributed by atoms with Gasteiger partial charge in [0, 0.05) is 0 Å². The molecule has 0 saturated heterocycles. The fourth-order valence-corrected chi connectivity index (χ4v) is 3.05. The third kappa shape index (κ3) is 4.45. The largest absolute Gasteiger partial charge is 0.298 e. The Labute approximate surface area is 132 Å². The highest BCUT2D eigenvalue weighted by atomic mass is 32.2. The Balaban J connectivity index is 2.03. The van der Waals surface area contributed by atoms with Gasteiger partial charge >= 0.3 is 0 Å². The van der Waals surface area contributed by atoms with Gasteiger partial charge in [-0.25, -0.2) is 4.18 Å². The number of benzene rings is 2. The van der Waals surface area contributed by atoms with Crippen LogP contribution in [0.15, 0.2) is 59.5 Å². The third-order valence-corrected chi connectivity index (χ3v) is 4.61. The van der Waals surface area contributed by atoms with Gasteiger partial charge in [0.05, 0.1) is 4.90 Å². The molecule has 0 aliphatic rings. The lowest BCUT2D eigenvalue weighted by Gasteiger charge is -2.12. The normalized spacial score (nSPS) is 12.5. The number of terminal acetylenes is 1. The summed E-state index contributed by atoms with van der Waals surface area (Å²) in [6, 6.07) is 16.2. The van der Waals surface area contributed by atoms with Gasteiger partial charge in [0.25, 0.3) is 10.1 Å². The lowest BCUT2D eigenvalue weighted by Crippen LogP contribution is -2.18. The van der Waals surface area contributed by atoms with Crippen LogP contribution in [0.1, 0.15) is 17.5 Å². The summed E-state index contributed by atoms with van der Waals surface area (Å²) in [7, 11) is -3.84. The summed E-state index contributed by atoms with van der Waals surface area (Å²) in [6.45, 7) is 1.89. The molecule has 0 aliphatic heterocycles. The smallest absolute Gasteiger partial charge is 0.250 e. The minimum atomic E-state index is -3.84. The molecule has 3 nitrogen and oxygen atoms in total. The highest BCUT2D eigenvalue weighted by Gasteiger charge is 2.20. The standard InChI is InChI=1S/C18H18O3S/c1-3-17(12-11-16-7-5-4-6-8-16)21-22(19,20)18-13-9-15(2)10-14-18/h1,4-10,13-14,17H,11-12H2,2H3. The summed E-state index contributed by atoms with van der Waals surface area (Å²) in [5, 5.41) is 0. The van der Waals surface area contributed by atoms with Gasteiger partial charge in [-0.15, -0.1) is 6.42 Å². The number of hydrogen-bond acceptors (Lipinski definition) is 3. The van der Waals surface area contributed by atoms with Gasteiger partial charge in [-0.2, -0.15) is 8.42 Å². The van der Waals surface area contributed by atoms with E-state index in [-0.39, 0.29) is 4.90 Å². The molecule has 0 amide bonds. The Bertz CT molecular complexity index is 741. The minimum Gasteiger partial charge on any atom is -0.250 e. The molecule has 0 spiro atoms. The molecule has 0 bridgehead atoms. The second-order valence-corrected chi connectivity index (χ2v) is 6.62. The summed E-state index contributed by atoms with van der Waals surface area (Å²) < 4.78 is 29.6. The summed E-state index contributed by atoms with van der Waals surface area (Å²) >= 11 is 0. The predicted octanol–water partition coefficient (Wildman–Crippen LogP) is 3.33. The Hall–Kier alpha value is -2.09. The third-order valence-electron chi connectivity index (χ3n) is 3.28. The first-order valence-electron chi connectivity index (χ1n) is 7.01. The molecule has 22 heavy (non-hydrogen) atoms. The van der Waals surface area contributed by atoms with E-state index in [2.05, 4.69) is 5.92 Å². The molecule has 1 atom stereocenters. The maximum absolute atomic E-state index is 12.2. The first-order valence-corrected chi connectivity index (χ1v) is 8.42. The average Bonchev–Trinajstić information content (AvgIpc) is 2.52. The van der Waals surface area contributed by atoms with Crippen LogP contribution in [0.3, 0.4) is 0 Å². The van der Waals surface area contributed by atoms with Crippen LogP contribution in [0.25, 0.3) is 0 Å². The molecule has 0 aliphatic carbocycles. The summed E-state index contributed by atoms with van der Waals surface area (Å²) in [5.74, 6) is 2.41. The fraction of sp³-hybridized carbons (Fsp3) is 0.222. The molecule has 0 N–H and O–H groups in total. The van der Waals surface area contributed by atoms with E-state index in [9.17, 15) is 8.42 Å². The first kappa shape index (κ1) is 16.3. The van der Waals surface area contributed by atoms with Gasteiger partial charge in [0.15, 0.2) is 0 Å². The van der Waals surface area contributed by atoms with Crippen molar-refractivity contribution in [1.82, 2.24) is 0 Å². The van der Waals surface area contributed by atoms with Crippen molar-refractivity contribution in [3.8, 4) is 12.3 Å². The molecular weight excluding hydrogens is 296 g/mol. The Morgan fingerprint density at radius 1 is 1.09 bits per heavy atom. The molecule has 4 heteroatoms. The van der Waals surface area contributed by atoms with Crippen molar-refractivity contribution in [2.45, 2.75) is 30.8 Å². The van der Waals surface area contributed by atoms with Crippen LogP contribution in [0.4, 0.5) is 0 Å². The number of rotatable bonds is 6. The molecule has 2 aromatic carbocycles. The topological polar surface area (TPSA) is 43.4 Å². The Morgan fingerprint density at radius 3 is 2.32 bits per heavy atom. The second-order valence-electron chi connectivity index (χ2n) is 5.04. The molecule has 0 heterocycles. The van der Waals surface area contributed by atoms with Crippen molar-refractivity contribution in [3.05, 3.63) is 65.7 Å². The van der Waals surface area contributed by atoms with E-state index in [1.807, 2.05) is 37.3 Å². The Morgan fingerprint density at radius 2 is 1.73 bits per heavy atom. The van der Waals surface area contributed by atoms with Crippen molar-refractivity contribution in [3.63, 3.8) is 0 Å². The van der Waals surface area contributed by atoms with Crippen molar-refractivity contribution >= 4 is 10.1 Å². The van der Waals surface area contributed by atoms with Crippen molar-refractivity contribution in [2.24, 2.45) is 0 Å². The Kier molecular flexibility index (Phi) is 5.37. The maximum Gasteiger partial charge on any atom is 0.298 e.